The van der Waals surface area contributed by atoms with Crippen LogP contribution in [0.3, 0.4) is 0 Å². The van der Waals surface area contributed by atoms with Gasteiger partial charge in [-0.3, -0.25) is 0 Å². The van der Waals surface area contributed by atoms with Crippen LogP contribution in [0.4, 0.5) is 22.7 Å². The highest BCUT2D eigenvalue weighted by Crippen LogP contribution is 2.66. The third-order valence-electron chi connectivity index (χ3n) is 6.05. The lowest BCUT2D eigenvalue weighted by Crippen LogP contribution is -1.87. The fourth-order valence-corrected chi connectivity index (χ4v) is 9.83. The molecule has 0 saturated carbocycles. The Labute approximate surface area is 239 Å². The van der Waals surface area contributed by atoms with Gasteiger partial charge in [0.25, 0.3) is 0 Å². The molecule has 4 nitrogen and oxygen atoms in total. The van der Waals surface area contributed by atoms with E-state index in [1.807, 2.05) is 95.6 Å². The average molecular weight is 569 g/mol. The molecule has 0 fully saturated rings. The smallest absolute Gasteiger partial charge is 0.0707 e. The number of rotatable bonds is 4. The maximum absolute atomic E-state index is 6.00. The SMILES string of the molecule is Nc1ccc(C2=C(c3ccc(N)cc3)SC(=C3SC(c4ccc(N)cc4)=C(c4ccc(N)cc4)S3)S2)cc1. The molecule has 2 aliphatic heterocycles. The van der Waals surface area contributed by atoms with E-state index in [-0.39, 0.29) is 0 Å². The molecule has 4 aromatic rings. The van der Waals surface area contributed by atoms with Crippen molar-refractivity contribution < 1.29 is 0 Å². The van der Waals surface area contributed by atoms with E-state index in [0.29, 0.717) is 0 Å². The van der Waals surface area contributed by atoms with Crippen molar-refractivity contribution in [1.29, 1.82) is 0 Å². The Kier molecular flexibility index (Phi) is 6.88. The minimum atomic E-state index is 0.755. The minimum Gasteiger partial charge on any atom is -0.399 e. The number of thioether (sulfide) groups is 4. The predicted octanol–water partition coefficient (Wildman–Crippen LogP) is 8.45. The molecule has 0 aliphatic carbocycles. The second-order valence-corrected chi connectivity index (χ2v) is 13.4. The first-order chi connectivity index (χ1) is 18.4. The quantitative estimate of drug-likeness (QED) is 0.182. The van der Waals surface area contributed by atoms with Gasteiger partial charge >= 0.3 is 0 Å². The van der Waals surface area contributed by atoms with E-state index in [0.717, 1.165) is 45.0 Å². The first-order valence-corrected chi connectivity index (χ1v) is 15.1. The summed E-state index contributed by atoms with van der Waals surface area (Å²) in [5, 5.41) is 0. The monoisotopic (exact) mass is 568 g/mol. The summed E-state index contributed by atoms with van der Waals surface area (Å²) in [4.78, 5) is 4.88. The van der Waals surface area contributed by atoms with E-state index in [1.54, 1.807) is 0 Å². The molecule has 0 bridgehead atoms. The van der Waals surface area contributed by atoms with Crippen molar-refractivity contribution in [3.8, 4) is 0 Å². The summed E-state index contributed by atoms with van der Waals surface area (Å²) >= 11 is 7.26. The summed E-state index contributed by atoms with van der Waals surface area (Å²) in [7, 11) is 0. The van der Waals surface area contributed by atoms with Crippen molar-refractivity contribution in [1.82, 2.24) is 0 Å². The molecule has 0 atom stereocenters. The highest BCUT2D eigenvalue weighted by atomic mass is 32.2. The summed E-state index contributed by atoms with van der Waals surface area (Å²) in [5.74, 6) is 0. The molecule has 188 valence electrons. The maximum Gasteiger partial charge on any atom is 0.0707 e. The molecule has 0 saturated heterocycles. The van der Waals surface area contributed by atoms with Crippen molar-refractivity contribution in [3.63, 3.8) is 0 Å². The molecule has 0 amide bonds. The van der Waals surface area contributed by atoms with Crippen LogP contribution in [0.15, 0.2) is 106 Å². The van der Waals surface area contributed by atoms with Gasteiger partial charge in [-0.15, -0.1) is 0 Å². The number of benzene rings is 4. The normalized spacial score (nSPS) is 15.6. The standard InChI is InChI=1S/C30H24N4S4/c31-21-9-1-17(2-10-21)25-26(18-3-11-22(32)12-4-18)36-29(35-25)30-37-27(19-5-13-23(33)14-6-19)28(38-30)20-7-15-24(34)16-8-20/h1-16H,31-34H2. The Balaban J connectivity index is 1.41. The summed E-state index contributed by atoms with van der Waals surface area (Å²) in [6, 6.07) is 32.4. The summed E-state index contributed by atoms with van der Waals surface area (Å²) < 4.78 is 2.52. The minimum absolute atomic E-state index is 0.755. The molecule has 0 aromatic heterocycles. The Hall–Kier alpha value is -3.30. The van der Waals surface area contributed by atoms with Crippen molar-refractivity contribution in [2.75, 3.05) is 22.9 Å². The highest BCUT2D eigenvalue weighted by Gasteiger charge is 2.32. The first kappa shape index (κ1) is 25.0. The molecule has 2 aliphatic rings. The van der Waals surface area contributed by atoms with Crippen LogP contribution in [-0.4, -0.2) is 0 Å². The van der Waals surface area contributed by atoms with Crippen LogP contribution in [0.5, 0.6) is 0 Å². The van der Waals surface area contributed by atoms with Gasteiger partial charge in [-0.05, 0) is 70.8 Å². The van der Waals surface area contributed by atoms with E-state index in [1.165, 1.54) is 28.1 Å². The van der Waals surface area contributed by atoms with Gasteiger partial charge in [0, 0.05) is 42.4 Å². The highest BCUT2D eigenvalue weighted by molar-refractivity contribution is 8.39. The second kappa shape index (κ2) is 10.5. The van der Waals surface area contributed by atoms with Crippen molar-refractivity contribution in [2.24, 2.45) is 0 Å². The molecule has 6 rings (SSSR count). The van der Waals surface area contributed by atoms with Gasteiger partial charge in [-0.25, -0.2) is 0 Å². The number of nitrogen functional groups attached to an aromatic ring is 4. The molecule has 0 spiro atoms. The average Bonchev–Trinajstić information content (AvgIpc) is 3.56. The van der Waals surface area contributed by atoms with E-state index >= 15 is 0 Å². The molecule has 0 unspecified atom stereocenters. The van der Waals surface area contributed by atoms with Crippen LogP contribution in [-0.2, 0) is 0 Å². The number of anilines is 4. The Morgan fingerprint density at radius 1 is 0.289 bits per heavy atom. The van der Waals surface area contributed by atoms with Crippen molar-refractivity contribution >= 4 is 89.4 Å². The van der Waals surface area contributed by atoms with Gasteiger partial charge in [0.1, 0.15) is 0 Å². The van der Waals surface area contributed by atoms with Gasteiger partial charge in [-0.1, -0.05) is 95.6 Å². The third kappa shape index (κ3) is 5.05. The van der Waals surface area contributed by atoms with Crippen LogP contribution in [0.25, 0.3) is 19.6 Å². The lowest BCUT2D eigenvalue weighted by molar-refractivity contribution is 1.62. The molecule has 4 aromatic carbocycles. The van der Waals surface area contributed by atoms with Gasteiger partial charge in [0.05, 0.1) is 8.47 Å². The number of hydrogen-bond acceptors (Lipinski definition) is 8. The largest absolute Gasteiger partial charge is 0.399 e. The van der Waals surface area contributed by atoms with Gasteiger partial charge in [0.2, 0.25) is 0 Å². The fraction of sp³-hybridized carbons (Fsp3) is 0. The topological polar surface area (TPSA) is 104 Å². The van der Waals surface area contributed by atoms with Crippen LogP contribution < -0.4 is 22.9 Å². The van der Waals surface area contributed by atoms with Crippen LogP contribution in [0.1, 0.15) is 22.3 Å². The number of nitrogens with two attached hydrogens (primary N) is 4. The fourth-order valence-electron chi connectivity index (χ4n) is 4.06. The van der Waals surface area contributed by atoms with Crippen LogP contribution in [0.2, 0.25) is 0 Å². The van der Waals surface area contributed by atoms with E-state index in [9.17, 15) is 0 Å². The second-order valence-electron chi connectivity index (χ2n) is 8.79. The van der Waals surface area contributed by atoms with Gasteiger partial charge in [-0.2, -0.15) is 0 Å². The molecular formula is C30H24N4S4. The zero-order valence-corrected chi connectivity index (χ0v) is 23.4. The van der Waals surface area contributed by atoms with Crippen molar-refractivity contribution in [2.45, 2.75) is 0 Å². The van der Waals surface area contributed by atoms with Gasteiger partial charge < -0.3 is 22.9 Å². The van der Waals surface area contributed by atoms with Crippen molar-refractivity contribution in [3.05, 3.63) is 128 Å². The lowest BCUT2D eigenvalue weighted by atomic mass is 10.1. The van der Waals surface area contributed by atoms with Crippen LogP contribution in [0, 0.1) is 0 Å². The first-order valence-electron chi connectivity index (χ1n) is 11.8. The maximum atomic E-state index is 6.00. The zero-order valence-electron chi connectivity index (χ0n) is 20.2. The zero-order chi connectivity index (χ0) is 26.2. The molecule has 8 N–H and O–H groups in total. The van der Waals surface area contributed by atoms with E-state index in [2.05, 4.69) is 48.5 Å². The summed E-state index contributed by atoms with van der Waals surface area (Å²) in [6.07, 6.45) is 0. The lowest BCUT2D eigenvalue weighted by Gasteiger charge is -2.07. The Morgan fingerprint density at radius 3 is 0.658 bits per heavy atom. The third-order valence-corrected chi connectivity index (χ3v) is 12.0. The van der Waals surface area contributed by atoms with Gasteiger partial charge in [0.15, 0.2) is 0 Å². The summed E-state index contributed by atoms with van der Waals surface area (Å²) in [5.41, 5.74) is 31.6. The van der Waals surface area contributed by atoms with E-state index < -0.39 is 0 Å². The Bertz CT molecular complexity index is 1360. The Morgan fingerprint density at radius 2 is 0.474 bits per heavy atom. The molecule has 38 heavy (non-hydrogen) atoms. The predicted molar refractivity (Wildman–Crippen MR) is 174 cm³/mol. The van der Waals surface area contributed by atoms with E-state index in [4.69, 9.17) is 22.9 Å². The molecule has 0 radical (unpaired) electrons. The molecular weight excluding hydrogens is 545 g/mol. The summed E-state index contributed by atoms with van der Waals surface area (Å²) in [6.45, 7) is 0. The molecule has 2 heterocycles. The number of hydrogen-bond donors (Lipinski definition) is 4. The van der Waals surface area contributed by atoms with Crippen LogP contribution >= 0.6 is 47.0 Å². The molecule has 8 heteroatoms.